The number of nitrogens with two attached hydrogens (primary N) is 1. The Morgan fingerprint density at radius 2 is 1.95 bits per heavy atom. The first-order valence-corrected chi connectivity index (χ1v) is 7.29. The molecule has 0 amide bonds. The number of anilines is 1. The van der Waals surface area contributed by atoms with Gasteiger partial charge in [-0.2, -0.15) is 0 Å². The lowest BCUT2D eigenvalue weighted by Crippen LogP contribution is -2.14. The molecule has 3 N–H and O–H groups in total. The van der Waals surface area contributed by atoms with Crippen molar-refractivity contribution in [3.63, 3.8) is 0 Å². The summed E-state index contributed by atoms with van der Waals surface area (Å²) in [4.78, 5) is 22.7. The van der Waals surface area contributed by atoms with E-state index in [1.807, 2.05) is 12.1 Å². The van der Waals surface area contributed by atoms with Crippen LogP contribution in [0.5, 0.6) is 0 Å². The van der Waals surface area contributed by atoms with Gasteiger partial charge in [0.2, 0.25) is 5.76 Å². The SMILES string of the molecule is Nc1ccc(-c2csc(=O)n2Cc2ccc(C(=O)O)o2)cc1. The van der Waals surface area contributed by atoms with Gasteiger partial charge in [-0.25, -0.2) is 4.79 Å². The van der Waals surface area contributed by atoms with Gasteiger partial charge in [0.15, 0.2) is 0 Å². The van der Waals surface area contributed by atoms with Crippen LogP contribution in [0.4, 0.5) is 5.69 Å². The van der Waals surface area contributed by atoms with Crippen molar-refractivity contribution in [1.82, 2.24) is 4.57 Å². The average Bonchev–Trinajstić information content (AvgIpc) is 3.09. The molecule has 0 fully saturated rings. The van der Waals surface area contributed by atoms with Gasteiger partial charge in [-0.3, -0.25) is 9.36 Å². The Morgan fingerprint density at radius 3 is 2.59 bits per heavy atom. The van der Waals surface area contributed by atoms with Crippen molar-refractivity contribution >= 4 is 23.0 Å². The van der Waals surface area contributed by atoms with Crippen LogP contribution < -0.4 is 10.6 Å². The number of carbonyl (C=O) groups is 1. The third kappa shape index (κ3) is 2.66. The van der Waals surface area contributed by atoms with Crippen LogP contribution >= 0.6 is 11.3 Å². The van der Waals surface area contributed by atoms with Crippen LogP contribution in [0.25, 0.3) is 11.3 Å². The van der Waals surface area contributed by atoms with Crippen molar-refractivity contribution in [2.24, 2.45) is 0 Å². The van der Waals surface area contributed by atoms with Crippen LogP contribution in [0.1, 0.15) is 16.3 Å². The molecule has 0 unspecified atom stereocenters. The van der Waals surface area contributed by atoms with Crippen molar-refractivity contribution in [3.05, 3.63) is 63.0 Å². The quantitative estimate of drug-likeness (QED) is 0.721. The molecule has 2 aromatic heterocycles. The van der Waals surface area contributed by atoms with E-state index in [9.17, 15) is 9.59 Å². The number of furan rings is 1. The molecule has 7 heteroatoms. The molecule has 3 rings (SSSR count). The Kier molecular flexibility index (Phi) is 3.56. The molecular weight excluding hydrogens is 304 g/mol. The molecule has 0 aliphatic rings. The monoisotopic (exact) mass is 316 g/mol. The molecule has 22 heavy (non-hydrogen) atoms. The zero-order valence-corrected chi connectivity index (χ0v) is 12.2. The number of thiazole rings is 1. The first-order chi connectivity index (χ1) is 10.5. The van der Waals surface area contributed by atoms with Gasteiger partial charge in [-0.1, -0.05) is 23.5 Å². The molecule has 0 aliphatic heterocycles. The number of nitrogen functional groups attached to an aromatic ring is 1. The van der Waals surface area contributed by atoms with E-state index < -0.39 is 5.97 Å². The topological polar surface area (TPSA) is 98.5 Å². The van der Waals surface area contributed by atoms with Gasteiger partial charge >= 0.3 is 10.8 Å². The minimum atomic E-state index is -1.14. The maximum absolute atomic E-state index is 12.0. The van der Waals surface area contributed by atoms with Crippen molar-refractivity contribution < 1.29 is 14.3 Å². The number of carboxylic acid groups (broad SMARTS) is 1. The number of carboxylic acids is 1. The number of aromatic nitrogens is 1. The van der Waals surface area contributed by atoms with Gasteiger partial charge in [0.1, 0.15) is 5.76 Å². The highest BCUT2D eigenvalue weighted by Gasteiger charge is 2.13. The molecule has 3 aromatic rings. The van der Waals surface area contributed by atoms with Crippen molar-refractivity contribution in [1.29, 1.82) is 0 Å². The molecular formula is C15H12N2O4S. The van der Waals surface area contributed by atoms with Gasteiger partial charge in [-0.05, 0) is 29.8 Å². The average molecular weight is 316 g/mol. The van der Waals surface area contributed by atoms with E-state index in [4.69, 9.17) is 15.3 Å². The summed E-state index contributed by atoms with van der Waals surface area (Å²) < 4.78 is 6.75. The summed E-state index contributed by atoms with van der Waals surface area (Å²) in [5.74, 6) is -0.871. The van der Waals surface area contributed by atoms with E-state index in [2.05, 4.69) is 0 Å². The number of benzene rings is 1. The van der Waals surface area contributed by atoms with Crippen LogP contribution in [0.2, 0.25) is 0 Å². The zero-order valence-electron chi connectivity index (χ0n) is 11.4. The summed E-state index contributed by atoms with van der Waals surface area (Å²) in [5, 5.41) is 10.6. The molecule has 0 bridgehead atoms. The number of hydrogen-bond acceptors (Lipinski definition) is 5. The largest absolute Gasteiger partial charge is 0.475 e. The minimum Gasteiger partial charge on any atom is -0.475 e. The summed E-state index contributed by atoms with van der Waals surface area (Å²) in [6.45, 7) is 0.176. The van der Waals surface area contributed by atoms with Crippen LogP contribution in [-0.2, 0) is 6.54 Å². The Bertz CT molecular complexity index is 874. The van der Waals surface area contributed by atoms with Crippen molar-refractivity contribution in [2.75, 3.05) is 5.73 Å². The molecule has 0 saturated carbocycles. The standard InChI is InChI=1S/C15H12N2O4S/c16-10-3-1-9(2-4-10)12-8-22-15(20)17(12)7-11-5-6-13(21-11)14(18)19/h1-6,8H,7,16H2,(H,18,19). The third-order valence-electron chi connectivity index (χ3n) is 3.18. The Morgan fingerprint density at radius 1 is 1.23 bits per heavy atom. The summed E-state index contributed by atoms with van der Waals surface area (Å²) in [5.41, 5.74) is 7.91. The first kappa shape index (κ1) is 14.2. The van der Waals surface area contributed by atoms with Crippen LogP contribution in [0.15, 0.2) is 51.0 Å². The van der Waals surface area contributed by atoms with Crippen LogP contribution in [-0.4, -0.2) is 15.6 Å². The molecule has 0 saturated heterocycles. The van der Waals surface area contributed by atoms with Crippen LogP contribution in [0, 0.1) is 0 Å². The summed E-state index contributed by atoms with van der Waals surface area (Å²) in [7, 11) is 0. The van der Waals surface area contributed by atoms with Gasteiger partial charge in [0.05, 0.1) is 12.2 Å². The second-order valence-electron chi connectivity index (χ2n) is 4.67. The van der Waals surface area contributed by atoms with E-state index >= 15 is 0 Å². The van der Waals surface area contributed by atoms with E-state index in [1.165, 1.54) is 6.07 Å². The predicted molar refractivity (Wildman–Crippen MR) is 83.2 cm³/mol. The number of aromatic carboxylic acids is 1. The highest BCUT2D eigenvalue weighted by molar-refractivity contribution is 7.07. The van der Waals surface area contributed by atoms with Gasteiger partial charge in [0, 0.05) is 11.1 Å². The maximum Gasteiger partial charge on any atom is 0.371 e. The molecule has 0 radical (unpaired) electrons. The fourth-order valence-electron chi connectivity index (χ4n) is 2.09. The van der Waals surface area contributed by atoms with E-state index in [1.54, 1.807) is 28.1 Å². The predicted octanol–water partition coefficient (Wildman–Crippen LogP) is 2.50. The second kappa shape index (κ2) is 5.53. The first-order valence-electron chi connectivity index (χ1n) is 6.41. The normalized spacial score (nSPS) is 10.7. The fraction of sp³-hybridized carbons (Fsp3) is 0.0667. The Hall–Kier alpha value is -2.80. The lowest BCUT2D eigenvalue weighted by atomic mass is 10.1. The minimum absolute atomic E-state index is 0.139. The molecule has 2 heterocycles. The fourth-order valence-corrected chi connectivity index (χ4v) is 2.86. The Labute approximate surface area is 129 Å². The lowest BCUT2D eigenvalue weighted by Gasteiger charge is -2.06. The molecule has 0 atom stereocenters. The Balaban J connectivity index is 1.96. The summed E-state index contributed by atoms with van der Waals surface area (Å²) >= 11 is 1.08. The third-order valence-corrected chi connectivity index (χ3v) is 3.94. The molecule has 1 aromatic carbocycles. The van der Waals surface area contributed by atoms with Gasteiger partial charge < -0.3 is 15.3 Å². The molecule has 112 valence electrons. The number of rotatable bonds is 4. The maximum atomic E-state index is 12.0. The zero-order chi connectivity index (χ0) is 15.7. The summed E-state index contributed by atoms with van der Waals surface area (Å²) in [6, 6.07) is 10.1. The van der Waals surface area contributed by atoms with E-state index in [0.29, 0.717) is 11.4 Å². The highest BCUT2D eigenvalue weighted by atomic mass is 32.1. The molecule has 0 aliphatic carbocycles. The van der Waals surface area contributed by atoms with Gasteiger partial charge in [-0.15, -0.1) is 0 Å². The highest BCUT2D eigenvalue weighted by Crippen LogP contribution is 2.22. The van der Waals surface area contributed by atoms with Crippen LogP contribution in [0.3, 0.4) is 0 Å². The second-order valence-corrected chi connectivity index (χ2v) is 5.49. The van der Waals surface area contributed by atoms with Gasteiger partial charge in [0.25, 0.3) is 0 Å². The van der Waals surface area contributed by atoms with Crippen molar-refractivity contribution in [2.45, 2.75) is 6.54 Å². The van der Waals surface area contributed by atoms with E-state index in [0.717, 1.165) is 22.6 Å². The lowest BCUT2D eigenvalue weighted by molar-refractivity contribution is 0.0660. The smallest absolute Gasteiger partial charge is 0.371 e. The number of hydrogen-bond donors (Lipinski definition) is 2. The molecule has 0 spiro atoms. The molecule has 6 nitrogen and oxygen atoms in total. The number of nitrogens with zero attached hydrogens (tertiary/aromatic N) is 1. The van der Waals surface area contributed by atoms with Crippen molar-refractivity contribution in [3.8, 4) is 11.3 Å². The van der Waals surface area contributed by atoms with E-state index in [-0.39, 0.29) is 17.2 Å². The summed E-state index contributed by atoms with van der Waals surface area (Å²) in [6.07, 6.45) is 0.